The van der Waals surface area contributed by atoms with Crippen molar-refractivity contribution in [2.75, 3.05) is 46.6 Å². The van der Waals surface area contributed by atoms with Crippen LogP contribution in [0.4, 0.5) is 0 Å². The van der Waals surface area contributed by atoms with Gasteiger partial charge >= 0.3 is 0 Å². The molecule has 9 nitrogen and oxygen atoms in total. The molecule has 0 saturated carbocycles. The molecule has 1 amide bonds. The van der Waals surface area contributed by atoms with Crippen molar-refractivity contribution >= 4 is 15.9 Å². The highest BCUT2D eigenvalue weighted by Gasteiger charge is 2.29. The van der Waals surface area contributed by atoms with Gasteiger partial charge in [0, 0.05) is 19.5 Å². The van der Waals surface area contributed by atoms with E-state index in [9.17, 15) is 13.2 Å². The average Bonchev–Trinajstić information content (AvgIpc) is 3.12. The molecule has 10 heteroatoms. The minimum atomic E-state index is -3.77. The van der Waals surface area contributed by atoms with Crippen molar-refractivity contribution in [1.29, 1.82) is 0 Å². The minimum absolute atomic E-state index is 0.0435. The fourth-order valence-electron chi connectivity index (χ4n) is 4.19. The van der Waals surface area contributed by atoms with Crippen LogP contribution >= 0.6 is 0 Å². The third-order valence-corrected chi connectivity index (χ3v) is 8.00. The number of benzene rings is 2. The van der Waals surface area contributed by atoms with Crippen molar-refractivity contribution in [3.05, 3.63) is 47.5 Å². The summed E-state index contributed by atoms with van der Waals surface area (Å²) in [7, 11) is -2.32. The van der Waals surface area contributed by atoms with Gasteiger partial charge in [0.15, 0.2) is 11.5 Å². The summed E-state index contributed by atoms with van der Waals surface area (Å²) in [6.45, 7) is 6.40. The molecule has 0 radical (unpaired) electrons. The number of carbonyl (C=O) groups excluding carboxylic acids is 1. The Morgan fingerprint density at radius 3 is 2.40 bits per heavy atom. The van der Waals surface area contributed by atoms with Gasteiger partial charge in [-0.2, -0.15) is 4.31 Å². The van der Waals surface area contributed by atoms with E-state index in [1.165, 1.54) is 29.6 Å². The van der Waals surface area contributed by atoms with Gasteiger partial charge < -0.3 is 24.3 Å². The third-order valence-electron chi connectivity index (χ3n) is 6.11. The summed E-state index contributed by atoms with van der Waals surface area (Å²) in [5, 5.41) is 3.06. The van der Waals surface area contributed by atoms with Crippen LogP contribution in [0.3, 0.4) is 0 Å². The lowest BCUT2D eigenvalue weighted by Gasteiger charge is -2.27. The Morgan fingerprint density at radius 2 is 1.71 bits per heavy atom. The number of hydrogen-bond donors (Lipinski definition) is 1. The Bertz CT molecular complexity index is 1160. The Morgan fingerprint density at radius 1 is 1.00 bits per heavy atom. The Hall–Kier alpha value is -2.82. The summed E-state index contributed by atoms with van der Waals surface area (Å²) in [6, 6.07) is 9.67. The van der Waals surface area contributed by atoms with E-state index in [0.717, 1.165) is 12.0 Å². The first-order valence-corrected chi connectivity index (χ1v) is 13.2. The van der Waals surface area contributed by atoms with E-state index in [1.807, 2.05) is 32.0 Å². The molecule has 1 unspecified atom stereocenters. The highest BCUT2D eigenvalue weighted by molar-refractivity contribution is 7.89. The Kier molecular flexibility index (Phi) is 7.83. The lowest BCUT2D eigenvalue weighted by molar-refractivity contribution is 0.0730. The summed E-state index contributed by atoms with van der Waals surface area (Å²) >= 11 is 0. The van der Waals surface area contributed by atoms with Crippen LogP contribution in [-0.2, 0) is 14.8 Å². The monoisotopic (exact) mass is 504 g/mol. The van der Waals surface area contributed by atoms with Crippen molar-refractivity contribution in [3.8, 4) is 17.2 Å². The number of nitrogens with zero attached hydrogens (tertiary/aromatic N) is 1. The number of sulfonamides is 1. The maximum Gasteiger partial charge on any atom is 0.255 e. The highest BCUT2D eigenvalue weighted by Crippen LogP contribution is 2.34. The second kappa shape index (κ2) is 10.8. The van der Waals surface area contributed by atoms with Crippen molar-refractivity contribution in [2.24, 2.45) is 5.92 Å². The first kappa shape index (κ1) is 25.3. The molecule has 190 valence electrons. The maximum atomic E-state index is 13.4. The standard InChI is InChI=1S/C25H32N2O7S/c1-17(2)24(18-5-7-22-23(15-18)34-12-4-11-33-22)26-25(28)20-16-19(6-8-21(20)31-3)35(29,30)27-9-13-32-14-10-27/h5-8,15-17,24H,4,9-14H2,1-3H3,(H,26,28). The highest BCUT2D eigenvalue weighted by atomic mass is 32.2. The zero-order valence-electron chi connectivity index (χ0n) is 20.3. The fourth-order valence-corrected chi connectivity index (χ4v) is 5.62. The number of methoxy groups -OCH3 is 1. The van der Waals surface area contributed by atoms with Crippen LogP contribution in [0.15, 0.2) is 41.3 Å². The lowest BCUT2D eigenvalue weighted by Crippen LogP contribution is -2.40. The molecule has 2 aliphatic heterocycles. The molecule has 2 heterocycles. The second-order valence-electron chi connectivity index (χ2n) is 8.83. The van der Waals surface area contributed by atoms with Crippen LogP contribution in [0.25, 0.3) is 0 Å². The van der Waals surface area contributed by atoms with Crippen LogP contribution < -0.4 is 19.5 Å². The first-order valence-electron chi connectivity index (χ1n) is 11.8. The van der Waals surface area contributed by atoms with E-state index in [-0.39, 0.29) is 35.5 Å². The number of morpholine rings is 1. The van der Waals surface area contributed by atoms with Gasteiger partial charge in [0.25, 0.3) is 5.91 Å². The lowest BCUT2D eigenvalue weighted by atomic mass is 9.95. The van der Waals surface area contributed by atoms with Crippen LogP contribution in [0, 0.1) is 5.92 Å². The molecule has 2 aliphatic rings. The van der Waals surface area contributed by atoms with Gasteiger partial charge in [-0.15, -0.1) is 0 Å². The number of carbonyl (C=O) groups is 1. The summed E-state index contributed by atoms with van der Waals surface area (Å²) in [6.07, 6.45) is 0.803. The molecule has 4 rings (SSSR count). The maximum absolute atomic E-state index is 13.4. The number of hydrogen-bond acceptors (Lipinski definition) is 7. The summed E-state index contributed by atoms with van der Waals surface area (Å²) < 4.78 is 49.9. The second-order valence-corrected chi connectivity index (χ2v) is 10.8. The van der Waals surface area contributed by atoms with E-state index in [1.54, 1.807) is 0 Å². The van der Waals surface area contributed by atoms with Gasteiger partial charge in [-0.25, -0.2) is 8.42 Å². The van der Waals surface area contributed by atoms with Crippen molar-refractivity contribution in [3.63, 3.8) is 0 Å². The predicted molar refractivity (Wildman–Crippen MR) is 130 cm³/mol. The largest absolute Gasteiger partial charge is 0.496 e. The zero-order valence-corrected chi connectivity index (χ0v) is 21.1. The van der Waals surface area contributed by atoms with Gasteiger partial charge in [-0.3, -0.25) is 4.79 Å². The molecular weight excluding hydrogens is 472 g/mol. The molecule has 0 bridgehead atoms. The molecule has 1 N–H and O–H groups in total. The summed E-state index contributed by atoms with van der Waals surface area (Å²) in [5.74, 6) is 1.25. The summed E-state index contributed by atoms with van der Waals surface area (Å²) in [5.41, 5.74) is 1.02. The average molecular weight is 505 g/mol. The third kappa shape index (κ3) is 5.55. The Balaban J connectivity index is 1.62. The van der Waals surface area contributed by atoms with Gasteiger partial charge in [-0.1, -0.05) is 19.9 Å². The zero-order chi connectivity index (χ0) is 25.0. The molecule has 0 aromatic heterocycles. The van der Waals surface area contributed by atoms with Gasteiger partial charge in [0.05, 0.1) is 50.0 Å². The number of fused-ring (bicyclic) bond motifs is 1. The molecule has 0 aliphatic carbocycles. The van der Waals surface area contributed by atoms with Gasteiger partial charge in [0.2, 0.25) is 10.0 Å². The first-order chi connectivity index (χ1) is 16.8. The number of amides is 1. The van der Waals surface area contributed by atoms with Crippen LogP contribution in [0.2, 0.25) is 0 Å². The quantitative estimate of drug-likeness (QED) is 0.618. The minimum Gasteiger partial charge on any atom is -0.496 e. The van der Waals surface area contributed by atoms with E-state index in [2.05, 4.69) is 5.32 Å². The van der Waals surface area contributed by atoms with E-state index >= 15 is 0 Å². The normalized spacial score (nSPS) is 17.5. The number of nitrogens with one attached hydrogen (secondary N) is 1. The molecule has 1 fully saturated rings. The van der Waals surface area contributed by atoms with Gasteiger partial charge in [-0.05, 0) is 41.8 Å². The molecular formula is C25H32N2O7S. The molecule has 1 saturated heterocycles. The molecule has 35 heavy (non-hydrogen) atoms. The Labute approximate surface area is 206 Å². The van der Waals surface area contributed by atoms with Gasteiger partial charge in [0.1, 0.15) is 5.75 Å². The van der Waals surface area contributed by atoms with Crippen LogP contribution in [0.5, 0.6) is 17.2 Å². The summed E-state index contributed by atoms with van der Waals surface area (Å²) in [4.78, 5) is 13.5. The molecule has 2 aromatic carbocycles. The molecule has 1 atom stereocenters. The number of ether oxygens (including phenoxy) is 4. The molecule has 2 aromatic rings. The topological polar surface area (TPSA) is 103 Å². The van der Waals surface area contributed by atoms with E-state index < -0.39 is 15.9 Å². The fraction of sp³-hybridized carbons (Fsp3) is 0.480. The van der Waals surface area contributed by atoms with Crippen molar-refractivity contribution in [1.82, 2.24) is 9.62 Å². The van der Waals surface area contributed by atoms with Crippen molar-refractivity contribution in [2.45, 2.75) is 31.2 Å². The molecule has 0 spiro atoms. The van der Waals surface area contributed by atoms with E-state index in [0.29, 0.717) is 43.7 Å². The van der Waals surface area contributed by atoms with Crippen LogP contribution in [-0.4, -0.2) is 65.3 Å². The smallest absolute Gasteiger partial charge is 0.255 e. The van der Waals surface area contributed by atoms with Crippen molar-refractivity contribution < 1.29 is 32.2 Å². The SMILES string of the molecule is COc1ccc(S(=O)(=O)N2CCOCC2)cc1C(=O)NC(c1ccc2c(c1)OCCCO2)C(C)C. The predicted octanol–water partition coefficient (Wildman–Crippen LogP) is 3.00. The van der Waals surface area contributed by atoms with E-state index in [4.69, 9.17) is 18.9 Å². The van der Waals surface area contributed by atoms with Crippen LogP contribution in [0.1, 0.15) is 42.2 Å². The number of rotatable bonds is 7.